The molecule has 8 heteroatoms. The number of carbonyl (C=O) groups is 1. The average Bonchev–Trinajstić information content (AvgIpc) is 3.25. The van der Waals surface area contributed by atoms with Gasteiger partial charge in [0.2, 0.25) is 5.91 Å². The minimum absolute atomic E-state index is 0.109. The Morgan fingerprint density at radius 1 is 1.06 bits per heavy atom. The molecule has 0 bridgehead atoms. The predicted molar refractivity (Wildman–Crippen MR) is 134 cm³/mol. The Morgan fingerprint density at radius 2 is 1.82 bits per heavy atom. The number of thioether (sulfide) groups is 1. The summed E-state index contributed by atoms with van der Waals surface area (Å²) >= 11 is 7.42. The smallest absolute Gasteiger partial charge is 0.234 e. The van der Waals surface area contributed by atoms with Crippen LogP contribution in [0.1, 0.15) is 11.1 Å². The van der Waals surface area contributed by atoms with E-state index >= 15 is 0 Å². The van der Waals surface area contributed by atoms with Crippen molar-refractivity contribution >= 4 is 35.0 Å². The van der Waals surface area contributed by atoms with Crippen LogP contribution in [0.15, 0.2) is 71.9 Å². The van der Waals surface area contributed by atoms with Crippen molar-refractivity contribution in [3.05, 3.63) is 82.9 Å². The number of carbonyl (C=O) groups excluding carboxylic acids is 1. The van der Waals surface area contributed by atoms with Gasteiger partial charge < -0.3 is 10.1 Å². The lowest BCUT2D eigenvalue weighted by molar-refractivity contribution is -0.113. The molecule has 0 saturated heterocycles. The number of amides is 1. The molecule has 0 fully saturated rings. The Labute approximate surface area is 202 Å². The second-order valence-electron chi connectivity index (χ2n) is 7.43. The molecule has 0 aliphatic rings. The number of benzene rings is 3. The first-order valence-corrected chi connectivity index (χ1v) is 11.7. The Bertz CT molecular complexity index is 1290. The SMILES string of the molecule is COc1cccc(-c2nnc(SCC(=O)Nc3cccc(C)c3C)n2-c2ccc(Cl)cc2)c1. The Kier molecular flexibility index (Phi) is 7.01. The van der Waals surface area contributed by atoms with Crippen LogP contribution in [0.5, 0.6) is 5.75 Å². The number of aromatic nitrogens is 3. The second kappa shape index (κ2) is 10.1. The first kappa shape index (κ1) is 22.9. The Morgan fingerprint density at radius 3 is 2.58 bits per heavy atom. The number of hydrogen-bond acceptors (Lipinski definition) is 5. The maximum absolute atomic E-state index is 12.7. The number of nitrogens with zero attached hydrogens (tertiary/aromatic N) is 3. The number of ether oxygens (including phenoxy) is 1. The molecule has 1 amide bonds. The number of rotatable bonds is 7. The van der Waals surface area contributed by atoms with Gasteiger partial charge in [0.15, 0.2) is 11.0 Å². The third-order valence-electron chi connectivity index (χ3n) is 5.26. The predicted octanol–water partition coefficient (Wildman–Crippen LogP) is 5.94. The molecule has 0 saturated carbocycles. The van der Waals surface area contributed by atoms with E-state index in [-0.39, 0.29) is 11.7 Å². The standard InChI is InChI=1S/C25H23ClN4O2S/c1-16-6-4-9-22(17(16)2)27-23(31)15-33-25-29-28-24(18-7-5-8-21(14-18)32-3)30(25)20-12-10-19(26)11-13-20/h4-14H,15H2,1-3H3,(H,27,31). The van der Waals surface area contributed by atoms with Gasteiger partial charge in [-0.2, -0.15) is 0 Å². The van der Waals surface area contributed by atoms with Crippen LogP contribution in [-0.2, 0) is 4.79 Å². The van der Waals surface area contributed by atoms with Gasteiger partial charge in [-0.15, -0.1) is 10.2 Å². The number of nitrogens with one attached hydrogen (secondary N) is 1. The van der Waals surface area contributed by atoms with Crippen LogP contribution in [0.4, 0.5) is 5.69 Å². The molecule has 0 aliphatic carbocycles. The molecule has 168 valence electrons. The zero-order valence-corrected chi connectivity index (χ0v) is 20.1. The van der Waals surface area contributed by atoms with Gasteiger partial charge in [-0.3, -0.25) is 9.36 Å². The molecule has 1 heterocycles. The van der Waals surface area contributed by atoms with Gasteiger partial charge in [-0.1, -0.05) is 47.6 Å². The van der Waals surface area contributed by atoms with Crippen molar-refractivity contribution in [2.24, 2.45) is 0 Å². The molecule has 1 aromatic heterocycles. The van der Waals surface area contributed by atoms with Crippen molar-refractivity contribution in [2.45, 2.75) is 19.0 Å². The lowest BCUT2D eigenvalue weighted by atomic mass is 10.1. The summed E-state index contributed by atoms with van der Waals surface area (Å²) in [4.78, 5) is 12.7. The first-order valence-electron chi connectivity index (χ1n) is 10.3. The molecular weight excluding hydrogens is 456 g/mol. The normalized spacial score (nSPS) is 10.8. The lowest BCUT2D eigenvalue weighted by Gasteiger charge is -2.12. The van der Waals surface area contributed by atoms with Crippen molar-refractivity contribution in [2.75, 3.05) is 18.2 Å². The topological polar surface area (TPSA) is 69.0 Å². The van der Waals surface area contributed by atoms with E-state index < -0.39 is 0 Å². The zero-order valence-electron chi connectivity index (χ0n) is 18.5. The summed E-state index contributed by atoms with van der Waals surface area (Å²) in [5, 5.41) is 13.0. The summed E-state index contributed by atoms with van der Waals surface area (Å²) in [7, 11) is 1.62. The molecule has 0 radical (unpaired) electrons. The summed E-state index contributed by atoms with van der Waals surface area (Å²) in [6.45, 7) is 4.02. The number of hydrogen-bond donors (Lipinski definition) is 1. The van der Waals surface area contributed by atoms with E-state index in [1.807, 2.05) is 85.1 Å². The summed E-state index contributed by atoms with van der Waals surface area (Å²) in [6.07, 6.45) is 0. The summed E-state index contributed by atoms with van der Waals surface area (Å²) < 4.78 is 7.28. The maximum Gasteiger partial charge on any atom is 0.234 e. The molecule has 4 aromatic rings. The van der Waals surface area contributed by atoms with Crippen LogP contribution in [0.25, 0.3) is 17.1 Å². The van der Waals surface area contributed by atoms with Crippen molar-refractivity contribution < 1.29 is 9.53 Å². The number of halogens is 1. The van der Waals surface area contributed by atoms with Crippen LogP contribution < -0.4 is 10.1 Å². The highest BCUT2D eigenvalue weighted by Gasteiger charge is 2.18. The highest BCUT2D eigenvalue weighted by atomic mass is 35.5. The third kappa shape index (κ3) is 5.21. The van der Waals surface area contributed by atoms with Gasteiger partial charge in [-0.25, -0.2) is 0 Å². The number of methoxy groups -OCH3 is 1. The fourth-order valence-electron chi connectivity index (χ4n) is 3.34. The van der Waals surface area contributed by atoms with Crippen LogP contribution >= 0.6 is 23.4 Å². The van der Waals surface area contributed by atoms with Gasteiger partial charge >= 0.3 is 0 Å². The molecule has 33 heavy (non-hydrogen) atoms. The Balaban J connectivity index is 1.62. The van der Waals surface area contributed by atoms with Crippen LogP contribution in [-0.4, -0.2) is 33.5 Å². The molecule has 4 rings (SSSR count). The van der Waals surface area contributed by atoms with E-state index in [1.165, 1.54) is 11.8 Å². The summed E-state index contributed by atoms with van der Waals surface area (Å²) in [6, 6.07) is 20.9. The number of aryl methyl sites for hydroxylation is 1. The molecular formula is C25H23ClN4O2S. The van der Waals surface area contributed by atoms with E-state index in [0.717, 1.165) is 33.8 Å². The highest BCUT2D eigenvalue weighted by molar-refractivity contribution is 7.99. The van der Waals surface area contributed by atoms with Crippen molar-refractivity contribution in [3.8, 4) is 22.8 Å². The van der Waals surface area contributed by atoms with Crippen molar-refractivity contribution in [3.63, 3.8) is 0 Å². The van der Waals surface area contributed by atoms with Gasteiger partial charge in [0, 0.05) is 22.0 Å². The van der Waals surface area contributed by atoms with E-state index in [9.17, 15) is 4.79 Å². The monoisotopic (exact) mass is 478 g/mol. The maximum atomic E-state index is 12.7. The van der Waals surface area contributed by atoms with Gasteiger partial charge in [0.25, 0.3) is 0 Å². The fourth-order valence-corrected chi connectivity index (χ4v) is 4.22. The highest BCUT2D eigenvalue weighted by Crippen LogP contribution is 2.30. The quantitative estimate of drug-likeness (QED) is 0.333. The van der Waals surface area contributed by atoms with Crippen LogP contribution in [0, 0.1) is 13.8 Å². The Hall–Kier alpha value is -3.29. The van der Waals surface area contributed by atoms with Crippen molar-refractivity contribution in [1.82, 2.24) is 14.8 Å². The molecule has 1 N–H and O–H groups in total. The van der Waals surface area contributed by atoms with Crippen LogP contribution in [0.2, 0.25) is 5.02 Å². The van der Waals surface area contributed by atoms with E-state index in [1.54, 1.807) is 7.11 Å². The first-order chi connectivity index (χ1) is 16.0. The van der Waals surface area contributed by atoms with Gasteiger partial charge in [-0.05, 0) is 67.4 Å². The number of anilines is 1. The average molecular weight is 479 g/mol. The zero-order chi connectivity index (χ0) is 23.4. The largest absolute Gasteiger partial charge is 0.497 e. The second-order valence-corrected chi connectivity index (χ2v) is 8.81. The minimum Gasteiger partial charge on any atom is -0.497 e. The van der Waals surface area contributed by atoms with Crippen LogP contribution in [0.3, 0.4) is 0 Å². The lowest BCUT2D eigenvalue weighted by Crippen LogP contribution is -2.15. The molecule has 0 spiro atoms. The molecule has 6 nitrogen and oxygen atoms in total. The fraction of sp³-hybridized carbons (Fsp3) is 0.160. The van der Waals surface area contributed by atoms with Gasteiger partial charge in [0.05, 0.1) is 12.9 Å². The third-order valence-corrected chi connectivity index (χ3v) is 6.44. The molecule has 0 unspecified atom stereocenters. The molecule has 3 aromatic carbocycles. The summed E-state index contributed by atoms with van der Waals surface area (Å²) in [5.41, 5.74) is 4.70. The van der Waals surface area contributed by atoms with Gasteiger partial charge in [0.1, 0.15) is 5.75 Å². The van der Waals surface area contributed by atoms with E-state index in [2.05, 4.69) is 15.5 Å². The minimum atomic E-state index is -0.109. The summed E-state index contributed by atoms with van der Waals surface area (Å²) in [5.74, 6) is 1.45. The molecule has 0 aliphatic heterocycles. The van der Waals surface area contributed by atoms with E-state index in [4.69, 9.17) is 16.3 Å². The van der Waals surface area contributed by atoms with Crippen molar-refractivity contribution in [1.29, 1.82) is 0 Å². The van der Waals surface area contributed by atoms with E-state index in [0.29, 0.717) is 16.0 Å². The molecule has 0 atom stereocenters.